The van der Waals surface area contributed by atoms with Gasteiger partial charge in [-0.15, -0.1) is 0 Å². The molecule has 0 spiro atoms. The molecule has 1 unspecified atom stereocenters. The second-order valence-corrected chi connectivity index (χ2v) is 7.54. The molecule has 2 nitrogen and oxygen atoms in total. The Labute approximate surface area is 184 Å². The molecular formula is C18H24Cl2GeNOZr. The minimum absolute atomic E-state index is 0. The number of carbonyl (C=O) groups is 1. The second-order valence-electron chi connectivity index (χ2n) is 5.44. The Morgan fingerprint density at radius 2 is 1.50 bits per heavy atom. The fourth-order valence-electron chi connectivity index (χ4n) is 2.72. The molecule has 3 radical (unpaired) electrons. The van der Waals surface area contributed by atoms with Crippen LogP contribution in [0.1, 0.15) is 43.6 Å². The van der Waals surface area contributed by atoms with Crippen LogP contribution >= 0.6 is 0 Å². The van der Waals surface area contributed by atoms with Gasteiger partial charge in [0.05, 0.1) is 5.91 Å². The molecule has 1 aliphatic carbocycles. The third-order valence-electron chi connectivity index (χ3n) is 4.10. The summed E-state index contributed by atoms with van der Waals surface area (Å²) < 4.78 is 0. The van der Waals surface area contributed by atoms with Gasteiger partial charge in [0.15, 0.2) is 0 Å². The molecule has 0 fully saturated rings. The normalized spacial score (nSPS) is 15.5. The van der Waals surface area contributed by atoms with Crippen LogP contribution in [0.25, 0.3) is 11.3 Å². The molecule has 129 valence electrons. The van der Waals surface area contributed by atoms with Gasteiger partial charge in [0.25, 0.3) is 0 Å². The van der Waals surface area contributed by atoms with Crippen LogP contribution in [0, 0.1) is 5.92 Å². The van der Waals surface area contributed by atoms with Gasteiger partial charge in [0.2, 0.25) is 0 Å². The zero-order valence-corrected chi connectivity index (χ0v) is 21.1. The first-order valence-corrected chi connectivity index (χ1v) is 11.4. The number of hydrogen-bond acceptors (Lipinski definition) is 1. The molecule has 0 aromatic heterocycles. The van der Waals surface area contributed by atoms with Crippen LogP contribution in [-0.4, -0.2) is 21.3 Å². The van der Waals surface area contributed by atoms with E-state index in [1.165, 1.54) is 22.3 Å². The summed E-state index contributed by atoms with van der Waals surface area (Å²) in [6.45, 7) is 8.53. The maximum absolute atomic E-state index is 11.4. The van der Waals surface area contributed by atoms with E-state index >= 15 is 0 Å². The minimum atomic E-state index is -0.611. The van der Waals surface area contributed by atoms with Crippen molar-refractivity contribution in [3.05, 3.63) is 57.8 Å². The molecule has 0 saturated heterocycles. The van der Waals surface area contributed by atoms with Gasteiger partial charge in [-0.25, -0.2) is 0 Å². The average Bonchev–Trinajstić information content (AvgIpc) is 2.64. The van der Waals surface area contributed by atoms with E-state index in [1.807, 2.05) is 18.2 Å². The van der Waals surface area contributed by atoms with Crippen LogP contribution in [-0.2, 0) is 26.2 Å². The first-order valence-electron chi connectivity index (χ1n) is 7.19. The smallest absolute Gasteiger partial charge is 1.00 e. The molecule has 1 atom stereocenters. The van der Waals surface area contributed by atoms with Crippen LogP contribution in [0.2, 0.25) is 11.5 Å². The Bertz CT molecular complexity index is 615. The average molecular weight is 505 g/mol. The molecule has 0 heterocycles. The van der Waals surface area contributed by atoms with Gasteiger partial charge >= 0.3 is 53.1 Å². The topological polar surface area (TPSA) is 40.9 Å². The van der Waals surface area contributed by atoms with Crippen molar-refractivity contribution in [1.82, 2.24) is 0 Å². The summed E-state index contributed by atoms with van der Waals surface area (Å²) in [6.07, 6.45) is 0. The van der Waals surface area contributed by atoms with Crippen LogP contribution in [0.4, 0.5) is 0 Å². The number of allylic oxidation sites excluding steroid dienone is 4. The fourth-order valence-corrected chi connectivity index (χ4v) is 2.72. The van der Waals surface area contributed by atoms with Gasteiger partial charge < -0.3 is 35.3 Å². The standard InChI is InChI=1S/C16H19NO.C2H6Ge.2ClH.Zr/c1-9-10(2)12(4)15(11(9)3)13-7-5-6-8-14(13)16(17)18;1-3-2;;;/h5-8,11H,1-4H3,(H2,17,18);1-2H3;2*1H;/q;;;;+3/p-3. The van der Waals surface area contributed by atoms with Gasteiger partial charge in [-0.05, 0) is 43.1 Å². The molecule has 2 rings (SSSR count). The van der Waals surface area contributed by atoms with E-state index in [-0.39, 0.29) is 51.0 Å². The molecular weight excluding hydrogens is 481 g/mol. The monoisotopic (exact) mass is 504 g/mol. The Kier molecular flexibility index (Phi) is 16.2. The molecule has 6 heteroatoms. The summed E-state index contributed by atoms with van der Waals surface area (Å²) in [6, 6.07) is 7.43. The molecule has 0 bridgehead atoms. The van der Waals surface area contributed by atoms with E-state index < -0.39 is 5.91 Å². The third-order valence-corrected chi connectivity index (χ3v) is 4.10. The van der Waals surface area contributed by atoms with Crippen LogP contribution in [0.5, 0.6) is 0 Å². The number of hydrogen-bond donors (Lipinski definition) is 0. The zero-order chi connectivity index (χ0) is 16.2. The predicted molar refractivity (Wildman–Crippen MR) is 92.7 cm³/mol. The molecule has 1 aliphatic rings. The number of benzene rings is 1. The van der Waals surface area contributed by atoms with Crippen molar-refractivity contribution in [2.45, 2.75) is 39.2 Å². The van der Waals surface area contributed by atoms with Crippen molar-refractivity contribution in [3.8, 4) is 0 Å². The molecule has 1 aromatic carbocycles. The second kappa shape index (κ2) is 13.4. The Balaban J connectivity index is -0.000000685. The van der Waals surface area contributed by atoms with Gasteiger partial charge in [0, 0.05) is 11.5 Å². The predicted octanol–water partition coefficient (Wildman–Crippen LogP) is -0.569. The number of amides is 1. The van der Waals surface area contributed by atoms with Crippen molar-refractivity contribution < 1.29 is 55.8 Å². The van der Waals surface area contributed by atoms with Gasteiger partial charge in [-0.3, -0.25) is 0 Å². The summed E-state index contributed by atoms with van der Waals surface area (Å²) in [4.78, 5) is 11.4. The zero-order valence-electron chi connectivity index (χ0n) is 15.1. The summed E-state index contributed by atoms with van der Waals surface area (Å²) in [7, 11) is 0. The summed E-state index contributed by atoms with van der Waals surface area (Å²) >= 11 is 0.500. The Hall–Kier alpha value is 0.176. The van der Waals surface area contributed by atoms with Crippen molar-refractivity contribution >= 4 is 26.9 Å². The van der Waals surface area contributed by atoms with Gasteiger partial charge in [-0.1, -0.05) is 36.8 Å². The molecule has 1 amide bonds. The Morgan fingerprint density at radius 3 is 1.88 bits per heavy atom. The first kappa shape index (κ1) is 29.0. The molecule has 0 aliphatic heterocycles. The van der Waals surface area contributed by atoms with Crippen molar-refractivity contribution in [1.29, 1.82) is 0 Å². The van der Waals surface area contributed by atoms with E-state index in [0.29, 0.717) is 26.9 Å². The number of nitrogens with one attached hydrogen (secondary N) is 1. The Morgan fingerprint density at radius 1 is 1.04 bits per heavy atom. The van der Waals surface area contributed by atoms with Crippen LogP contribution in [0.3, 0.4) is 0 Å². The van der Waals surface area contributed by atoms with E-state index in [2.05, 4.69) is 39.2 Å². The van der Waals surface area contributed by atoms with E-state index in [4.69, 9.17) is 5.73 Å². The third kappa shape index (κ3) is 6.48. The molecule has 24 heavy (non-hydrogen) atoms. The van der Waals surface area contributed by atoms with Crippen LogP contribution in [0.15, 0.2) is 41.0 Å². The summed E-state index contributed by atoms with van der Waals surface area (Å²) in [5.74, 6) is 4.21. The molecule has 1 N–H and O–H groups in total. The van der Waals surface area contributed by atoms with Gasteiger partial charge in [0.1, 0.15) is 0 Å². The van der Waals surface area contributed by atoms with Crippen LogP contribution < -0.4 is 24.8 Å². The molecule has 0 saturated carbocycles. The largest absolute Gasteiger partial charge is 3.00 e. The quantitative estimate of drug-likeness (QED) is 0.497. The number of carbonyl (C=O) groups excluding carboxylic acids is 1. The first-order chi connectivity index (χ1) is 9.86. The number of halogens is 2. The SMILES string of the molecule is CC1=C(C)C(C)C(c2ccccc2C([NH-])=O)=C1C.[CH3][Ge][CH3].[Cl-].[Cl-].[Zr+3]. The maximum atomic E-state index is 11.4. The van der Waals surface area contributed by atoms with Gasteiger partial charge in [-0.2, -0.15) is 0 Å². The van der Waals surface area contributed by atoms with Crippen molar-refractivity contribution in [2.75, 3.05) is 0 Å². The maximum Gasteiger partial charge on any atom is 3.00 e. The molecule has 1 aromatic rings. The minimum Gasteiger partial charge on any atom is -1.00 e. The van der Waals surface area contributed by atoms with Crippen molar-refractivity contribution in [2.24, 2.45) is 5.92 Å². The number of rotatable bonds is 2. The summed E-state index contributed by atoms with van der Waals surface area (Å²) in [5.41, 5.74) is 13.9. The van der Waals surface area contributed by atoms with Crippen molar-refractivity contribution in [3.63, 3.8) is 0 Å². The van der Waals surface area contributed by atoms with E-state index in [0.717, 1.165) is 5.56 Å². The van der Waals surface area contributed by atoms with E-state index in [1.54, 1.807) is 6.07 Å². The van der Waals surface area contributed by atoms with E-state index in [9.17, 15) is 4.79 Å². The summed E-state index contributed by atoms with van der Waals surface area (Å²) in [5, 5.41) is 0. The fraction of sp³-hybridized carbons (Fsp3) is 0.389.